The first-order valence-electron chi connectivity index (χ1n) is 4.60. The number of nitrogens with one attached hydrogen (secondary N) is 1. The van der Waals surface area contributed by atoms with E-state index >= 15 is 0 Å². The van der Waals surface area contributed by atoms with Crippen LogP contribution in [0.25, 0.3) is 0 Å². The molecule has 1 fully saturated rings. The van der Waals surface area contributed by atoms with Crippen LogP contribution in [0.5, 0.6) is 0 Å². The van der Waals surface area contributed by atoms with E-state index in [1.165, 1.54) is 13.1 Å². The predicted molar refractivity (Wildman–Crippen MR) is 50.2 cm³/mol. The number of hydrogen-bond donors (Lipinski definition) is 1. The number of aromatic amines is 1. The fourth-order valence-electron chi connectivity index (χ4n) is 1.57. The quantitative estimate of drug-likeness (QED) is 0.683. The van der Waals surface area contributed by atoms with Gasteiger partial charge in [0, 0.05) is 19.7 Å². The third kappa shape index (κ3) is 1.50. The van der Waals surface area contributed by atoms with Crippen molar-refractivity contribution in [3.05, 3.63) is 32.6 Å². The van der Waals surface area contributed by atoms with Crippen molar-refractivity contribution in [1.82, 2.24) is 9.55 Å². The van der Waals surface area contributed by atoms with Crippen molar-refractivity contribution in [3.8, 4) is 0 Å². The lowest BCUT2D eigenvalue weighted by molar-refractivity contribution is 0.108. The van der Waals surface area contributed by atoms with Crippen LogP contribution >= 0.6 is 0 Å². The summed E-state index contributed by atoms with van der Waals surface area (Å²) < 4.78 is 6.41. The van der Waals surface area contributed by atoms with E-state index in [0.29, 0.717) is 12.3 Å². The lowest BCUT2D eigenvalue weighted by Crippen LogP contribution is -2.33. The fraction of sp³-hybridized carbons (Fsp3) is 0.556. The first-order valence-corrected chi connectivity index (χ1v) is 4.60. The van der Waals surface area contributed by atoms with Crippen LogP contribution in [0.4, 0.5) is 0 Å². The molecule has 14 heavy (non-hydrogen) atoms. The standard InChI is InChI=1S/C9H12N2O3/c1-11-8(12)5-6(10-9(11)13)7-3-2-4-14-7/h5,7H,2-4H2,1H3,(H,10,13)/t7-/m0/s1. The van der Waals surface area contributed by atoms with Crippen molar-refractivity contribution in [2.75, 3.05) is 6.61 Å². The molecule has 0 amide bonds. The van der Waals surface area contributed by atoms with E-state index in [4.69, 9.17) is 4.74 Å². The molecule has 5 nitrogen and oxygen atoms in total. The molecule has 1 N–H and O–H groups in total. The van der Waals surface area contributed by atoms with Crippen LogP contribution in [0, 0.1) is 0 Å². The Labute approximate surface area is 80.3 Å². The molecule has 5 heteroatoms. The van der Waals surface area contributed by atoms with Gasteiger partial charge in [0.1, 0.15) is 0 Å². The monoisotopic (exact) mass is 196 g/mol. The van der Waals surface area contributed by atoms with Gasteiger partial charge in [-0.25, -0.2) is 4.79 Å². The molecule has 1 aliphatic heterocycles. The van der Waals surface area contributed by atoms with Crippen molar-refractivity contribution >= 4 is 0 Å². The Balaban J connectivity index is 2.45. The van der Waals surface area contributed by atoms with Crippen molar-refractivity contribution in [2.45, 2.75) is 18.9 Å². The van der Waals surface area contributed by atoms with Crippen molar-refractivity contribution in [1.29, 1.82) is 0 Å². The highest BCUT2D eigenvalue weighted by molar-refractivity contribution is 5.04. The Bertz CT molecular complexity index is 409. The smallest absolute Gasteiger partial charge is 0.328 e. The topological polar surface area (TPSA) is 64.1 Å². The van der Waals surface area contributed by atoms with Gasteiger partial charge >= 0.3 is 5.69 Å². The van der Waals surface area contributed by atoms with Gasteiger partial charge in [0.15, 0.2) is 0 Å². The summed E-state index contributed by atoms with van der Waals surface area (Å²) in [5.41, 5.74) is -0.0853. The zero-order valence-corrected chi connectivity index (χ0v) is 7.95. The second-order valence-electron chi connectivity index (χ2n) is 3.43. The summed E-state index contributed by atoms with van der Waals surface area (Å²) in [5.74, 6) is 0. The highest BCUT2D eigenvalue weighted by atomic mass is 16.5. The Morgan fingerprint density at radius 1 is 1.57 bits per heavy atom. The minimum Gasteiger partial charge on any atom is -0.372 e. The molecule has 1 aliphatic rings. The Morgan fingerprint density at radius 3 is 2.93 bits per heavy atom. The average molecular weight is 196 g/mol. The molecule has 1 aromatic heterocycles. The molecule has 1 atom stereocenters. The van der Waals surface area contributed by atoms with Gasteiger partial charge in [-0.15, -0.1) is 0 Å². The van der Waals surface area contributed by atoms with E-state index in [1.807, 2.05) is 0 Å². The third-order valence-corrected chi connectivity index (χ3v) is 2.44. The maximum Gasteiger partial charge on any atom is 0.328 e. The Hall–Kier alpha value is -1.36. The van der Waals surface area contributed by atoms with Crippen LogP contribution in [-0.2, 0) is 11.8 Å². The minimum atomic E-state index is -0.386. The molecule has 0 radical (unpaired) electrons. The lowest BCUT2D eigenvalue weighted by atomic mass is 10.2. The zero-order chi connectivity index (χ0) is 10.1. The number of rotatable bonds is 1. The van der Waals surface area contributed by atoms with Crippen LogP contribution in [-0.4, -0.2) is 16.2 Å². The van der Waals surface area contributed by atoms with Crippen molar-refractivity contribution < 1.29 is 4.74 Å². The second-order valence-corrected chi connectivity index (χ2v) is 3.43. The molecule has 1 aromatic rings. The van der Waals surface area contributed by atoms with Gasteiger partial charge in [-0.1, -0.05) is 0 Å². The molecule has 1 saturated heterocycles. The van der Waals surface area contributed by atoms with Gasteiger partial charge in [-0.05, 0) is 12.8 Å². The molecular weight excluding hydrogens is 184 g/mol. The fourth-order valence-corrected chi connectivity index (χ4v) is 1.57. The van der Waals surface area contributed by atoms with E-state index < -0.39 is 0 Å². The highest BCUT2D eigenvalue weighted by Crippen LogP contribution is 2.25. The van der Waals surface area contributed by atoms with Gasteiger partial charge in [-0.2, -0.15) is 0 Å². The van der Waals surface area contributed by atoms with Crippen molar-refractivity contribution in [3.63, 3.8) is 0 Å². The first-order chi connectivity index (χ1) is 6.68. The summed E-state index contributed by atoms with van der Waals surface area (Å²) in [4.78, 5) is 25.2. The van der Waals surface area contributed by atoms with Crippen LogP contribution < -0.4 is 11.2 Å². The Kier molecular flexibility index (Phi) is 2.25. The molecule has 0 aromatic carbocycles. The second kappa shape index (κ2) is 3.42. The normalized spacial score (nSPS) is 21.4. The average Bonchev–Trinajstić information content (AvgIpc) is 2.66. The van der Waals surface area contributed by atoms with E-state index in [-0.39, 0.29) is 17.4 Å². The van der Waals surface area contributed by atoms with Gasteiger partial charge in [0.2, 0.25) is 0 Å². The van der Waals surface area contributed by atoms with E-state index in [9.17, 15) is 9.59 Å². The lowest BCUT2D eigenvalue weighted by Gasteiger charge is -2.08. The van der Waals surface area contributed by atoms with Gasteiger partial charge in [0.25, 0.3) is 5.56 Å². The van der Waals surface area contributed by atoms with Crippen LogP contribution in [0.1, 0.15) is 24.6 Å². The third-order valence-electron chi connectivity index (χ3n) is 2.44. The summed E-state index contributed by atoms with van der Waals surface area (Å²) in [6, 6.07) is 1.43. The maximum absolute atomic E-state index is 11.3. The number of ether oxygens (including phenoxy) is 1. The van der Waals surface area contributed by atoms with E-state index in [2.05, 4.69) is 4.98 Å². The summed E-state index contributed by atoms with van der Waals surface area (Å²) in [6.45, 7) is 0.696. The first kappa shape index (κ1) is 9.21. The predicted octanol–water partition coefficient (Wildman–Crippen LogP) is -0.0749. The molecule has 0 saturated carbocycles. The number of H-pyrrole nitrogens is 1. The molecule has 2 heterocycles. The molecule has 0 spiro atoms. The Morgan fingerprint density at radius 2 is 2.36 bits per heavy atom. The van der Waals surface area contributed by atoms with Crippen LogP contribution in [0.15, 0.2) is 15.7 Å². The summed E-state index contributed by atoms with van der Waals surface area (Å²) >= 11 is 0. The number of aromatic nitrogens is 2. The van der Waals surface area contributed by atoms with Crippen LogP contribution in [0.2, 0.25) is 0 Å². The zero-order valence-electron chi connectivity index (χ0n) is 7.95. The van der Waals surface area contributed by atoms with E-state index in [1.54, 1.807) is 0 Å². The van der Waals surface area contributed by atoms with Crippen LogP contribution in [0.3, 0.4) is 0 Å². The van der Waals surface area contributed by atoms with Gasteiger partial charge in [0.05, 0.1) is 11.8 Å². The molecule has 2 rings (SSSR count). The molecular formula is C9H12N2O3. The summed E-state index contributed by atoms with van der Waals surface area (Å²) in [7, 11) is 1.44. The minimum absolute atomic E-state index is 0.114. The summed E-state index contributed by atoms with van der Waals surface area (Å²) in [6.07, 6.45) is 1.72. The van der Waals surface area contributed by atoms with Gasteiger partial charge in [-0.3, -0.25) is 9.36 Å². The maximum atomic E-state index is 11.3. The molecule has 0 bridgehead atoms. The molecule has 76 valence electrons. The van der Waals surface area contributed by atoms with Gasteiger partial charge < -0.3 is 9.72 Å². The SMILES string of the molecule is Cn1c(=O)cc([C@@H]2CCCO2)[nH]c1=O. The molecule has 0 unspecified atom stereocenters. The number of nitrogens with zero attached hydrogens (tertiary/aromatic N) is 1. The highest BCUT2D eigenvalue weighted by Gasteiger charge is 2.19. The number of hydrogen-bond acceptors (Lipinski definition) is 3. The summed E-state index contributed by atoms with van der Waals surface area (Å²) in [5, 5.41) is 0. The van der Waals surface area contributed by atoms with Crippen molar-refractivity contribution in [2.24, 2.45) is 7.05 Å². The van der Waals surface area contributed by atoms with E-state index in [0.717, 1.165) is 17.4 Å². The molecule has 0 aliphatic carbocycles. The largest absolute Gasteiger partial charge is 0.372 e.